The van der Waals surface area contributed by atoms with Crippen LogP contribution >= 0.6 is 34.8 Å². The lowest BCUT2D eigenvalue weighted by molar-refractivity contribution is 0.0968. The highest BCUT2D eigenvalue weighted by Gasteiger charge is 2.15. The third-order valence-corrected chi connectivity index (χ3v) is 4.02. The van der Waals surface area contributed by atoms with Gasteiger partial charge >= 0.3 is 0 Å². The summed E-state index contributed by atoms with van der Waals surface area (Å²) < 4.78 is 5.55. The minimum absolute atomic E-state index is 0.146. The number of hydrogen-bond acceptors (Lipinski definition) is 2. The molecule has 0 spiro atoms. The Morgan fingerprint density at radius 1 is 1.00 bits per heavy atom. The van der Waals surface area contributed by atoms with Gasteiger partial charge < -0.3 is 4.42 Å². The summed E-state index contributed by atoms with van der Waals surface area (Å²) in [5.41, 5.74) is 1.22. The molecular weight excluding hydrogens is 331 g/mol. The van der Waals surface area contributed by atoms with Crippen LogP contribution in [0.4, 0.5) is 0 Å². The second-order valence-electron chi connectivity index (χ2n) is 4.60. The van der Waals surface area contributed by atoms with E-state index in [4.69, 9.17) is 39.2 Å². The van der Waals surface area contributed by atoms with E-state index < -0.39 is 0 Å². The molecule has 0 saturated carbocycles. The van der Waals surface area contributed by atoms with E-state index in [0.717, 1.165) is 5.39 Å². The zero-order valence-corrected chi connectivity index (χ0v) is 13.0. The van der Waals surface area contributed by atoms with Crippen LogP contribution in [0.5, 0.6) is 0 Å². The lowest BCUT2D eigenvalue weighted by atomic mass is 10.1. The Morgan fingerprint density at radius 2 is 1.81 bits per heavy atom. The molecule has 3 rings (SSSR count). The van der Waals surface area contributed by atoms with E-state index in [1.807, 2.05) is 12.1 Å². The fourth-order valence-corrected chi connectivity index (χ4v) is 2.79. The number of hydrogen-bond donors (Lipinski definition) is 0. The largest absolute Gasteiger partial charge is 0.451 e. The summed E-state index contributed by atoms with van der Waals surface area (Å²) in [6.45, 7) is 0. The fraction of sp³-hybridized carbons (Fsp3) is 0.0625. The zero-order valence-electron chi connectivity index (χ0n) is 10.7. The molecule has 0 atom stereocenters. The number of benzene rings is 2. The van der Waals surface area contributed by atoms with Crippen LogP contribution in [-0.2, 0) is 6.42 Å². The molecule has 0 unspecified atom stereocenters. The second-order valence-corrected chi connectivity index (χ2v) is 5.86. The van der Waals surface area contributed by atoms with Crippen LogP contribution in [-0.4, -0.2) is 5.78 Å². The molecule has 2 nitrogen and oxygen atoms in total. The number of carbonyl (C=O) groups excluding carboxylic acids is 1. The van der Waals surface area contributed by atoms with Crippen LogP contribution < -0.4 is 0 Å². The highest BCUT2D eigenvalue weighted by atomic mass is 35.5. The van der Waals surface area contributed by atoms with Crippen molar-refractivity contribution in [1.82, 2.24) is 0 Å². The molecule has 2 aromatic carbocycles. The first-order chi connectivity index (χ1) is 10.0. The van der Waals surface area contributed by atoms with Gasteiger partial charge in [-0.1, -0.05) is 53.0 Å². The van der Waals surface area contributed by atoms with Gasteiger partial charge in [0, 0.05) is 21.9 Å². The Hall–Kier alpha value is -1.48. The van der Waals surface area contributed by atoms with Crippen molar-refractivity contribution in [2.45, 2.75) is 6.42 Å². The van der Waals surface area contributed by atoms with Gasteiger partial charge in [0.2, 0.25) is 5.78 Å². The van der Waals surface area contributed by atoms with Gasteiger partial charge in [-0.2, -0.15) is 0 Å². The van der Waals surface area contributed by atoms with E-state index in [0.29, 0.717) is 26.2 Å². The van der Waals surface area contributed by atoms with E-state index in [-0.39, 0.29) is 18.0 Å². The van der Waals surface area contributed by atoms with Crippen molar-refractivity contribution in [3.8, 4) is 0 Å². The summed E-state index contributed by atoms with van der Waals surface area (Å²) in [5, 5.41) is 2.28. The first kappa shape index (κ1) is 14.5. The highest BCUT2D eigenvalue weighted by molar-refractivity contribution is 6.35. The molecule has 0 radical (unpaired) electrons. The molecule has 0 aliphatic heterocycles. The highest BCUT2D eigenvalue weighted by Crippen LogP contribution is 2.28. The predicted molar refractivity (Wildman–Crippen MR) is 85.7 cm³/mol. The maximum atomic E-state index is 12.3. The maximum Gasteiger partial charge on any atom is 0.202 e. The number of furan rings is 1. The predicted octanol–water partition coefficient (Wildman–Crippen LogP) is 5.82. The Balaban J connectivity index is 1.92. The van der Waals surface area contributed by atoms with Crippen LogP contribution in [0.15, 0.2) is 46.9 Å². The van der Waals surface area contributed by atoms with E-state index in [9.17, 15) is 4.79 Å². The summed E-state index contributed by atoms with van der Waals surface area (Å²) in [6, 6.07) is 12.1. The Labute approximate surface area is 136 Å². The Bertz CT molecular complexity index is 837. The molecule has 5 heteroatoms. The van der Waals surface area contributed by atoms with Crippen molar-refractivity contribution in [2.24, 2.45) is 0 Å². The van der Waals surface area contributed by atoms with Gasteiger partial charge in [0.05, 0.1) is 5.02 Å². The van der Waals surface area contributed by atoms with E-state index in [2.05, 4.69) is 0 Å². The molecule has 0 fully saturated rings. The molecule has 1 heterocycles. The van der Waals surface area contributed by atoms with Gasteiger partial charge in [0.25, 0.3) is 0 Å². The lowest BCUT2D eigenvalue weighted by Crippen LogP contribution is -2.02. The van der Waals surface area contributed by atoms with Gasteiger partial charge in [0.15, 0.2) is 11.3 Å². The summed E-state index contributed by atoms with van der Waals surface area (Å²) in [4.78, 5) is 12.3. The first-order valence-corrected chi connectivity index (χ1v) is 7.33. The summed E-state index contributed by atoms with van der Waals surface area (Å²) in [7, 11) is 0. The third-order valence-electron chi connectivity index (χ3n) is 3.14. The van der Waals surface area contributed by atoms with Gasteiger partial charge in [0.1, 0.15) is 0 Å². The molecule has 0 amide bonds. The van der Waals surface area contributed by atoms with E-state index >= 15 is 0 Å². The number of halogens is 3. The molecule has 0 saturated heterocycles. The monoisotopic (exact) mass is 338 g/mol. The topological polar surface area (TPSA) is 30.2 Å². The van der Waals surface area contributed by atoms with Crippen molar-refractivity contribution in [3.63, 3.8) is 0 Å². The zero-order chi connectivity index (χ0) is 15.0. The van der Waals surface area contributed by atoms with Crippen molar-refractivity contribution in [2.75, 3.05) is 0 Å². The number of carbonyl (C=O) groups is 1. The summed E-state index contributed by atoms with van der Waals surface area (Å²) >= 11 is 18.0. The van der Waals surface area contributed by atoms with Gasteiger partial charge in [-0.25, -0.2) is 0 Å². The Morgan fingerprint density at radius 3 is 2.52 bits per heavy atom. The average Bonchev–Trinajstić information content (AvgIpc) is 2.87. The van der Waals surface area contributed by atoms with Gasteiger partial charge in [-0.05, 0) is 29.8 Å². The average molecular weight is 340 g/mol. The number of Topliss-reactive ketones (excluding diaryl/α,β-unsaturated/α-hetero) is 1. The quantitative estimate of drug-likeness (QED) is 0.563. The molecular formula is C16H9Cl3O2. The molecule has 21 heavy (non-hydrogen) atoms. The van der Waals surface area contributed by atoms with Crippen LogP contribution in [0.1, 0.15) is 16.1 Å². The lowest BCUT2D eigenvalue weighted by Gasteiger charge is -2.02. The number of fused-ring (bicyclic) bond motifs is 1. The molecule has 0 aliphatic rings. The van der Waals surface area contributed by atoms with Crippen molar-refractivity contribution < 1.29 is 9.21 Å². The molecule has 3 aromatic rings. The number of para-hydroxylation sites is 1. The molecule has 0 bridgehead atoms. The van der Waals surface area contributed by atoms with Crippen molar-refractivity contribution in [3.05, 3.63) is 68.9 Å². The summed E-state index contributed by atoms with van der Waals surface area (Å²) in [5.74, 6) is 0.107. The van der Waals surface area contributed by atoms with Crippen molar-refractivity contribution in [1.29, 1.82) is 0 Å². The van der Waals surface area contributed by atoms with Crippen LogP contribution in [0, 0.1) is 0 Å². The van der Waals surface area contributed by atoms with Crippen LogP contribution in [0.2, 0.25) is 15.1 Å². The minimum Gasteiger partial charge on any atom is -0.451 e. The standard InChI is InChI=1S/C16H9Cl3O2/c17-11-5-4-9(13(19)8-11)6-14(20)15-7-10-2-1-3-12(18)16(10)21-15/h1-5,7-8H,6H2. The first-order valence-electron chi connectivity index (χ1n) is 6.20. The maximum absolute atomic E-state index is 12.3. The number of rotatable bonds is 3. The molecule has 106 valence electrons. The van der Waals surface area contributed by atoms with Crippen molar-refractivity contribution >= 4 is 51.6 Å². The van der Waals surface area contributed by atoms with Gasteiger partial charge in [-0.15, -0.1) is 0 Å². The second kappa shape index (κ2) is 5.72. The Kier molecular flexibility index (Phi) is 3.94. The molecule has 0 aliphatic carbocycles. The number of ketones is 1. The third kappa shape index (κ3) is 2.93. The SMILES string of the molecule is O=C(Cc1ccc(Cl)cc1Cl)c1cc2cccc(Cl)c2o1. The molecule has 1 aromatic heterocycles. The van der Waals surface area contributed by atoms with Crippen LogP contribution in [0.25, 0.3) is 11.0 Å². The summed E-state index contributed by atoms with van der Waals surface area (Å²) in [6.07, 6.45) is 0.146. The minimum atomic E-state index is -0.161. The van der Waals surface area contributed by atoms with Crippen LogP contribution in [0.3, 0.4) is 0 Å². The smallest absolute Gasteiger partial charge is 0.202 e. The van der Waals surface area contributed by atoms with E-state index in [1.165, 1.54) is 0 Å². The molecule has 0 N–H and O–H groups in total. The normalized spacial score (nSPS) is 11.0. The fourth-order valence-electron chi connectivity index (χ4n) is 2.09. The van der Waals surface area contributed by atoms with E-state index in [1.54, 1.807) is 30.3 Å². The van der Waals surface area contributed by atoms with Gasteiger partial charge in [-0.3, -0.25) is 4.79 Å².